The first-order chi connectivity index (χ1) is 8.07. The minimum atomic E-state index is -0.294. The van der Waals surface area contributed by atoms with Gasteiger partial charge in [0.25, 0.3) is 0 Å². The average Bonchev–Trinajstić information content (AvgIpc) is 2.53. The van der Waals surface area contributed by atoms with Gasteiger partial charge in [-0.3, -0.25) is 0 Å². The smallest absolute Gasteiger partial charge is 0.356 e. The minimum absolute atomic E-state index is 0.294. The molecule has 1 aromatic heterocycles. The summed E-state index contributed by atoms with van der Waals surface area (Å²) in [4.78, 5) is 11.9. The molecule has 2 rings (SSSR count). The van der Waals surface area contributed by atoms with Crippen LogP contribution in [0, 0.1) is 6.92 Å². The molecule has 0 N–H and O–H groups in total. The molecule has 2 aromatic rings. The van der Waals surface area contributed by atoms with Crippen molar-refractivity contribution in [2.75, 3.05) is 6.61 Å². The Hall–Kier alpha value is -1.29. The van der Waals surface area contributed by atoms with E-state index in [-0.39, 0.29) is 5.97 Å². The van der Waals surface area contributed by atoms with E-state index in [0.29, 0.717) is 12.3 Å². The van der Waals surface area contributed by atoms with Crippen molar-refractivity contribution in [3.05, 3.63) is 33.9 Å². The summed E-state index contributed by atoms with van der Waals surface area (Å²) in [6.07, 6.45) is 0. The van der Waals surface area contributed by atoms with Crippen LogP contribution in [-0.4, -0.2) is 17.1 Å². The van der Waals surface area contributed by atoms with Gasteiger partial charge in [0, 0.05) is 18.0 Å². The average molecular weight is 296 g/mol. The topological polar surface area (TPSA) is 31.2 Å². The van der Waals surface area contributed by atoms with Crippen LogP contribution in [0.4, 0.5) is 0 Å². The van der Waals surface area contributed by atoms with Crippen LogP contribution in [0.2, 0.25) is 0 Å². The summed E-state index contributed by atoms with van der Waals surface area (Å²) >= 11 is 3.50. The molecule has 0 aliphatic heterocycles. The number of nitrogens with zero attached hydrogens (tertiary/aromatic N) is 1. The van der Waals surface area contributed by atoms with Crippen LogP contribution >= 0.6 is 15.9 Å². The molecule has 0 saturated carbocycles. The molecular formula is C13H14BrNO2. The lowest BCUT2D eigenvalue weighted by Crippen LogP contribution is -2.10. The zero-order valence-corrected chi connectivity index (χ0v) is 11.7. The summed E-state index contributed by atoms with van der Waals surface area (Å²) in [5.41, 5.74) is 2.73. The molecule has 4 heteroatoms. The summed E-state index contributed by atoms with van der Waals surface area (Å²) in [5, 5.41) is 1.07. The zero-order valence-electron chi connectivity index (χ0n) is 10.1. The number of ether oxygens (including phenoxy) is 1. The quantitative estimate of drug-likeness (QED) is 0.795. The van der Waals surface area contributed by atoms with Gasteiger partial charge in [0.2, 0.25) is 0 Å². The molecule has 0 aliphatic carbocycles. The summed E-state index contributed by atoms with van der Waals surface area (Å²) in [7, 11) is 1.87. The predicted molar refractivity (Wildman–Crippen MR) is 71.3 cm³/mol. The van der Waals surface area contributed by atoms with Gasteiger partial charge in [-0.05, 0) is 41.4 Å². The number of hydrogen-bond donors (Lipinski definition) is 0. The minimum Gasteiger partial charge on any atom is -0.461 e. The van der Waals surface area contributed by atoms with Crippen molar-refractivity contribution in [2.45, 2.75) is 13.8 Å². The fraction of sp³-hybridized carbons (Fsp3) is 0.308. The van der Waals surface area contributed by atoms with E-state index < -0.39 is 0 Å². The number of fused-ring (bicyclic) bond motifs is 1. The number of carbonyl (C=O) groups is 1. The van der Waals surface area contributed by atoms with Gasteiger partial charge in [-0.2, -0.15) is 0 Å². The lowest BCUT2D eigenvalue weighted by atomic mass is 10.1. The lowest BCUT2D eigenvalue weighted by molar-refractivity contribution is 0.0514. The Labute approximate surface area is 108 Å². The Bertz CT molecular complexity index is 587. The Balaban J connectivity index is 2.73. The van der Waals surface area contributed by atoms with Crippen molar-refractivity contribution in [1.29, 1.82) is 0 Å². The van der Waals surface area contributed by atoms with Crippen LogP contribution in [0.5, 0.6) is 0 Å². The van der Waals surface area contributed by atoms with Crippen molar-refractivity contribution in [1.82, 2.24) is 4.57 Å². The molecule has 90 valence electrons. The molecule has 0 unspecified atom stereocenters. The molecule has 0 aliphatic rings. The van der Waals surface area contributed by atoms with Gasteiger partial charge in [0.15, 0.2) is 0 Å². The number of carbonyl (C=O) groups excluding carboxylic acids is 1. The molecule has 0 radical (unpaired) electrons. The first-order valence-corrected chi connectivity index (χ1v) is 6.27. The van der Waals surface area contributed by atoms with Gasteiger partial charge in [0.1, 0.15) is 5.69 Å². The maximum atomic E-state index is 11.9. The molecule has 1 aromatic carbocycles. The number of esters is 1. The van der Waals surface area contributed by atoms with E-state index in [1.165, 1.54) is 0 Å². The molecule has 17 heavy (non-hydrogen) atoms. The van der Waals surface area contributed by atoms with Crippen LogP contribution in [0.25, 0.3) is 10.9 Å². The van der Waals surface area contributed by atoms with Crippen molar-refractivity contribution in [3.63, 3.8) is 0 Å². The normalized spacial score (nSPS) is 10.8. The van der Waals surface area contributed by atoms with Gasteiger partial charge in [0.05, 0.1) is 11.1 Å². The van der Waals surface area contributed by atoms with Gasteiger partial charge in [-0.1, -0.05) is 12.1 Å². The molecule has 3 nitrogen and oxygen atoms in total. The van der Waals surface area contributed by atoms with Crippen LogP contribution in [0.1, 0.15) is 23.0 Å². The molecule has 0 atom stereocenters. The summed E-state index contributed by atoms with van der Waals surface area (Å²) in [6, 6.07) is 6.01. The Morgan fingerprint density at radius 2 is 2.18 bits per heavy atom. The van der Waals surface area contributed by atoms with Crippen LogP contribution in [0.3, 0.4) is 0 Å². The summed E-state index contributed by atoms with van der Waals surface area (Å²) in [5.74, 6) is -0.294. The number of aryl methyl sites for hydroxylation is 2. The summed E-state index contributed by atoms with van der Waals surface area (Å²) in [6.45, 7) is 4.22. The van der Waals surface area contributed by atoms with Crippen LogP contribution < -0.4 is 0 Å². The van der Waals surface area contributed by atoms with Crippen molar-refractivity contribution in [3.8, 4) is 0 Å². The Morgan fingerprint density at radius 3 is 2.76 bits per heavy atom. The van der Waals surface area contributed by atoms with E-state index in [0.717, 1.165) is 20.9 Å². The fourth-order valence-electron chi connectivity index (χ4n) is 2.03. The third kappa shape index (κ3) is 1.86. The lowest BCUT2D eigenvalue weighted by Gasteiger charge is -2.03. The third-order valence-electron chi connectivity index (χ3n) is 2.84. The molecule has 1 heterocycles. The highest BCUT2D eigenvalue weighted by atomic mass is 79.9. The van der Waals surface area contributed by atoms with Crippen molar-refractivity contribution < 1.29 is 9.53 Å². The molecule has 0 spiro atoms. The highest BCUT2D eigenvalue weighted by molar-refractivity contribution is 9.10. The predicted octanol–water partition coefficient (Wildman–Crippen LogP) is 3.43. The number of hydrogen-bond acceptors (Lipinski definition) is 2. The van der Waals surface area contributed by atoms with E-state index in [1.807, 2.05) is 36.7 Å². The molecular weight excluding hydrogens is 282 g/mol. The SMILES string of the molecule is CCOC(=O)c1c(Br)c2c(C)cccc2n1C. The first-order valence-electron chi connectivity index (χ1n) is 5.48. The maximum Gasteiger partial charge on any atom is 0.356 e. The zero-order chi connectivity index (χ0) is 12.6. The third-order valence-corrected chi connectivity index (χ3v) is 3.62. The van der Waals surface area contributed by atoms with Gasteiger partial charge >= 0.3 is 5.97 Å². The van der Waals surface area contributed by atoms with Gasteiger partial charge in [-0.15, -0.1) is 0 Å². The monoisotopic (exact) mass is 295 g/mol. The Kier molecular flexibility index (Phi) is 3.24. The van der Waals surface area contributed by atoms with Crippen LogP contribution in [-0.2, 0) is 11.8 Å². The highest BCUT2D eigenvalue weighted by Gasteiger charge is 2.21. The molecule has 0 amide bonds. The van der Waals surface area contributed by atoms with Gasteiger partial charge in [-0.25, -0.2) is 4.79 Å². The van der Waals surface area contributed by atoms with Crippen molar-refractivity contribution >= 4 is 32.8 Å². The van der Waals surface area contributed by atoms with E-state index in [1.54, 1.807) is 6.92 Å². The second kappa shape index (κ2) is 4.53. The molecule has 0 bridgehead atoms. The second-order valence-corrected chi connectivity index (χ2v) is 4.70. The van der Waals surface area contributed by atoms with E-state index in [4.69, 9.17) is 4.74 Å². The standard InChI is InChI=1S/C13H14BrNO2/c1-4-17-13(16)12-11(14)10-8(2)6-5-7-9(10)15(12)3/h5-7H,4H2,1-3H3. The molecule has 0 saturated heterocycles. The number of rotatable bonds is 2. The second-order valence-electron chi connectivity index (χ2n) is 3.91. The van der Waals surface area contributed by atoms with E-state index >= 15 is 0 Å². The number of benzene rings is 1. The van der Waals surface area contributed by atoms with E-state index in [9.17, 15) is 4.79 Å². The maximum absolute atomic E-state index is 11.9. The largest absolute Gasteiger partial charge is 0.461 e. The number of aromatic nitrogens is 1. The van der Waals surface area contributed by atoms with Crippen LogP contribution in [0.15, 0.2) is 22.7 Å². The summed E-state index contributed by atoms with van der Waals surface area (Å²) < 4.78 is 7.75. The highest BCUT2D eigenvalue weighted by Crippen LogP contribution is 2.32. The van der Waals surface area contributed by atoms with Crippen molar-refractivity contribution in [2.24, 2.45) is 7.05 Å². The Morgan fingerprint density at radius 1 is 1.47 bits per heavy atom. The van der Waals surface area contributed by atoms with Gasteiger partial charge < -0.3 is 9.30 Å². The molecule has 0 fully saturated rings. The first kappa shape index (κ1) is 12.2. The fourth-order valence-corrected chi connectivity index (χ4v) is 2.97. The van der Waals surface area contributed by atoms with E-state index in [2.05, 4.69) is 15.9 Å². The number of halogens is 1.